The molecule has 43 heavy (non-hydrogen) atoms. The van der Waals surface area contributed by atoms with Crippen LogP contribution in [0.1, 0.15) is 37.0 Å². The van der Waals surface area contributed by atoms with Gasteiger partial charge in [-0.25, -0.2) is 8.42 Å². The van der Waals surface area contributed by atoms with Crippen molar-refractivity contribution in [3.8, 4) is 5.75 Å². The molecule has 0 aliphatic carbocycles. The lowest BCUT2D eigenvalue weighted by atomic mass is 10.1. The number of ether oxygens (including phenoxy) is 1. The molecule has 0 aliphatic rings. The molecule has 0 heterocycles. The van der Waals surface area contributed by atoms with Crippen molar-refractivity contribution in [2.24, 2.45) is 0 Å². The van der Waals surface area contributed by atoms with E-state index >= 15 is 0 Å². The van der Waals surface area contributed by atoms with E-state index in [0.717, 1.165) is 21.5 Å². The summed E-state index contributed by atoms with van der Waals surface area (Å²) in [5, 5.41) is 14.6. The monoisotopic (exact) mass is 630 g/mol. The van der Waals surface area contributed by atoms with E-state index in [4.69, 9.17) is 16.3 Å². The van der Waals surface area contributed by atoms with Crippen molar-refractivity contribution >= 4 is 44.8 Å². The van der Waals surface area contributed by atoms with Crippen LogP contribution in [0.5, 0.6) is 5.75 Å². The fourth-order valence-corrected chi connectivity index (χ4v) is 5.92. The van der Waals surface area contributed by atoms with Gasteiger partial charge in [0.2, 0.25) is 11.8 Å². The molecule has 1 N–H and O–H groups in total. The summed E-state index contributed by atoms with van der Waals surface area (Å²) in [6.07, 6.45) is 0.688. The number of nitro groups is 1. The first-order valence-electron chi connectivity index (χ1n) is 13.5. The summed E-state index contributed by atoms with van der Waals surface area (Å²) in [6.45, 7) is 6.56. The number of nitrogens with zero attached hydrogens (tertiary/aromatic N) is 3. The Morgan fingerprint density at radius 1 is 1.07 bits per heavy atom. The van der Waals surface area contributed by atoms with Crippen LogP contribution >= 0.6 is 11.6 Å². The number of sulfonamides is 1. The molecule has 0 radical (unpaired) electrons. The minimum Gasteiger partial charge on any atom is -0.495 e. The zero-order chi connectivity index (χ0) is 31.9. The van der Waals surface area contributed by atoms with Crippen molar-refractivity contribution in [2.45, 2.75) is 51.6 Å². The third-order valence-corrected chi connectivity index (χ3v) is 8.83. The zero-order valence-electron chi connectivity index (χ0n) is 24.7. The van der Waals surface area contributed by atoms with Crippen LogP contribution in [0.2, 0.25) is 5.02 Å². The fraction of sp³-hybridized carbons (Fsp3) is 0.333. The summed E-state index contributed by atoms with van der Waals surface area (Å²) in [7, 11) is -3.27. The summed E-state index contributed by atoms with van der Waals surface area (Å²) in [5.74, 6) is -0.987. The Labute approximate surface area is 256 Å². The Morgan fingerprint density at radius 2 is 1.74 bits per heavy atom. The van der Waals surface area contributed by atoms with Gasteiger partial charge in [0.15, 0.2) is 0 Å². The maximum atomic E-state index is 14.2. The van der Waals surface area contributed by atoms with Gasteiger partial charge in [-0.05, 0) is 57.0 Å². The number of nitrogens with one attached hydrogen (secondary N) is 1. The smallest absolute Gasteiger partial charge is 0.273 e. The van der Waals surface area contributed by atoms with E-state index in [2.05, 4.69) is 5.32 Å². The highest BCUT2D eigenvalue weighted by molar-refractivity contribution is 7.92. The molecule has 230 valence electrons. The standard InChI is InChI=1S/C30H35ClN4O7S/c1-6-15-32-30(37)22(4)33(18-23-10-7-20(2)8-11-23)29(36)19-34(27-16-24(31)12-14-28(27)42-5)43(40,41)25-13-9-21(3)26(17-25)35(38)39/h7-14,16-17,22H,6,15,18-19H2,1-5H3,(H,32,37). The molecular formula is C30H35ClN4O7S. The maximum Gasteiger partial charge on any atom is 0.273 e. The Balaban J connectivity index is 2.15. The van der Waals surface area contributed by atoms with E-state index in [-0.39, 0.29) is 28.6 Å². The van der Waals surface area contributed by atoms with Gasteiger partial charge in [-0.1, -0.05) is 54.4 Å². The quantitative estimate of drug-likeness (QED) is 0.207. The van der Waals surface area contributed by atoms with E-state index in [1.54, 1.807) is 6.92 Å². The van der Waals surface area contributed by atoms with E-state index in [0.29, 0.717) is 13.0 Å². The molecule has 2 amide bonds. The number of nitro benzene ring substituents is 1. The summed E-state index contributed by atoms with van der Waals surface area (Å²) in [4.78, 5) is 38.9. The summed E-state index contributed by atoms with van der Waals surface area (Å²) in [6, 6.07) is 14.2. The van der Waals surface area contributed by atoms with Gasteiger partial charge in [-0.3, -0.25) is 24.0 Å². The normalized spacial score (nSPS) is 11.9. The zero-order valence-corrected chi connectivity index (χ0v) is 26.2. The van der Waals surface area contributed by atoms with Gasteiger partial charge in [0.05, 0.1) is 22.6 Å². The number of amides is 2. The highest BCUT2D eigenvalue weighted by Crippen LogP contribution is 2.36. The number of aryl methyl sites for hydroxylation is 2. The lowest BCUT2D eigenvalue weighted by molar-refractivity contribution is -0.385. The SMILES string of the molecule is CCCNC(=O)C(C)N(Cc1ccc(C)cc1)C(=O)CN(c1cc(Cl)ccc1OC)S(=O)(=O)c1ccc(C)c([N+](=O)[O-])c1. The van der Waals surface area contributed by atoms with Gasteiger partial charge >= 0.3 is 0 Å². The van der Waals surface area contributed by atoms with Crippen LogP contribution in [0.3, 0.4) is 0 Å². The second-order valence-electron chi connectivity index (χ2n) is 10.0. The third-order valence-electron chi connectivity index (χ3n) is 6.84. The van der Waals surface area contributed by atoms with Gasteiger partial charge in [0, 0.05) is 29.7 Å². The molecule has 13 heteroatoms. The van der Waals surface area contributed by atoms with Gasteiger partial charge in [-0.15, -0.1) is 0 Å². The Hall–Kier alpha value is -4.16. The van der Waals surface area contributed by atoms with Crippen molar-refractivity contribution in [1.82, 2.24) is 10.2 Å². The minimum absolute atomic E-state index is 0.0242. The van der Waals surface area contributed by atoms with Crippen molar-refractivity contribution < 1.29 is 27.7 Å². The highest BCUT2D eigenvalue weighted by Gasteiger charge is 2.35. The van der Waals surface area contributed by atoms with Crippen LogP contribution in [0, 0.1) is 24.0 Å². The molecule has 0 spiro atoms. The number of carbonyl (C=O) groups excluding carboxylic acids is 2. The van der Waals surface area contributed by atoms with Crippen molar-refractivity contribution in [1.29, 1.82) is 0 Å². The molecule has 0 aliphatic heterocycles. The maximum absolute atomic E-state index is 14.2. The molecule has 0 bridgehead atoms. The van der Waals surface area contributed by atoms with Crippen LogP contribution in [-0.2, 0) is 26.2 Å². The van der Waals surface area contributed by atoms with Crippen LogP contribution in [-0.4, -0.2) is 56.3 Å². The summed E-state index contributed by atoms with van der Waals surface area (Å²) < 4.78 is 34.5. The molecule has 3 aromatic rings. The number of hydrogen-bond donors (Lipinski definition) is 1. The van der Waals surface area contributed by atoms with E-state index in [9.17, 15) is 28.1 Å². The number of halogens is 1. The molecule has 1 unspecified atom stereocenters. The van der Waals surface area contributed by atoms with Gasteiger partial charge in [0.25, 0.3) is 15.7 Å². The Bertz CT molecular complexity index is 1600. The lowest BCUT2D eigenvalue weighted by Crippen LogP contribution is -2.51. The molecule has 0 aromatic heterocycles. The van der Waals surface area contributed by atoms with E-state index < -0.39 is 49.9 Å². The van der Waals surface area contributed by atoms with E-state index in [1.807, 2.05) is 38.1 Å². The fourth-order valence-electron chi connectivity index (χ4n) is 4.31. The number of anilines is 1. The number of benzene rings is 3. The minimum atomic E-state index is -4.60. The lowest BCUT2D eigenvalue weighted by Gasteiger charge is -2.32. The molecule has 11 nitrogen and oxygen atoms in total. The van der Waals surface area contributed by atoms with Crippen LogP contribution < -0.4 is 14.4 Å². The molecular weight excluding hydrogens is 596 g/mol. The molecule has 0 saturated carbocycles. The summed E-state index contributed by atoms with van der Waals surface area (Å²) >= 11 is 6.25. The first-order valence-corrected chi connectivity index (χ1v) is 15.4. The number of hydrogen-bond acceptors (Lipinski definition) is 7. The number of methoxy groups -OCH3 is 1. The average molecular weight is 631 g/mol. The van der Waals surface area contributed by atoms with Gasteiger partial charge in [-0.2, -0.15) is 0 Å². The molecule has 3 aromatic carbocycles. The number of carbonyl (C=O) groups is 2. The topological polar surface area (TPSA) is 139 Å². The van der Waals surface area contributed by atoms with Gasteiger partial charge in [0.1, 0.15) is 18.3 Å². The van der Waals surface area contributed by atoms with Crippen LogP contribution in [0.25, 0.3) is 0 Å². The number of rotatable bonds is 13. The van der Waals surface area contributed by atoms with Crippen LogP contribution in [0.15, 0.2) is 65.6 Å². The third kappa shape index (κ3) is 8.02. The van der Waals surface area contributed by atoms with Gasteiger partial charge < -0.3 is 15.0 Å². The second kappa shape index (κ2) is 14.3. The Kier molecular flexibility index (Phi) is 11.1. The highest BCUT2D eigenvalue weighted by atomic mass is 35.5. The van der Waals surface area contributed by atoms with Crippen LogP contribution in [0.4, 0.5) is 11.4 Å². The first kappa shape index (κ1) is 33.3. The predicted octanol–water partition coefficient (Wildman–Crippen LogP) is 5.01. The van der Waals surface area contributed by atoms with E-state index in [1.165, 1.54) is 49.3 Å². The molecule has 0 fully saturated rings. The average Bonchev–Trinajstić information content (AvgIpc) is 2.97. The van der Waals surface area contributed by atoms with Crippen molar-refractivity contribution in [3.05, 3.63) is 92.5 Å². The second-order valence-corrected chi connectivity index (χ2v) is 12.3. The van der Waals surface area contributed by atoms with Crippen molar-refractivity contribution in [3.63, 3.8) is 0 Å². The first-order chi connectivity index (χ1) is 20.3. The molecule has 1 atom stereocenters. The van der Waals surface area contributed by atoms with Crippen molar-refractivity contribution in [2.75, 3.05) is 24.5 Å². The largest absolute Gasteiger partial charge is 0.495 e. The Morgan fingerprint density at radius 3 is 2.35 bits per heavy atom. The predicted molar refractivity (Wildman–Crippen MR) is 165 cm³/mol. The summed E-state index contributed by atoms with van der Waals surface area (Å²) in [5.41, 5.74) is 1.56. The molecule has 0 saturated heterocycles. The molecule has 3 rings (SSSR count).